The second kappa shape index (κ2) is 20.1. The van der Waals surface area contributed by atoms with E-state index in [1.807, 2.05) is 0 Å². The number of rotatable bonds is 18. The molecule has 0 aromatic carbocycles. The van der Waals surface area contributed by atoms with Gasteiger partial charge in [-0.2, -0.15) is 4.31 Å². The van der Waals surface area contributed by atoms with E-state index in [9.17, 15) is 9.13 Å². The van der Waals surface area contributed by atoms with Crippen molar-refractivity contribution in [3.63, 3.8) is 0 Å². The van der Waals surface area contributed by atoms with Crippen LogP contribution in [0.4, 0.5) is 0 Å². The van der Waals surface area contributed by atoms with Crippen molar-refractivity contribution in [2.45, 2.75) is 90.9 Å². The molecule has 0 aliphatic carbocycles. The number of hydrogen-bond acceptors (Lipinski definition) is 6. The summed E-state index contributed by atoms with van der Waals surface area (Å²) in [5, 5.41) is 0. The summed E-state index contributed by atoms with van der Waals surface area (Å²) in [5.74, 6) is 0. The van der Waals surface area contributed by atoms with Gasteiger partial charge in [-0.05, 0) is 12.8 Å². The van der Waals surface area contributed by atoms with E-state index in [-0.39, 0.29) is 13.2 Å². The minimum absolute atomic E-state index is 0.0971. The van der Waals surface area contributed by atoms with Crippen LogP contribution in [-0.2, 0) is 46.2 Å². The summed E-state index contributed by atoms with van der Waals surface area (Å²) in [6.45, 7) is 4.47. The first kappa shape index (κ1) is 30.0. The summed E-state index contributed by atoms with van der Waals surface area (Å²) in [6, 6.07) is 0. The Bertz CT molecular complexity index is 397. The average Bonchev–Trinajstić information content (AvgIpc) is 2.60. The molecule has 8 nitrogen and oxygen atoms in total. The van der Waals surface area contributed by atoms with Gasteiger partial charge in [0.2, 0.25) is 0 Å². The summed E-state index contributed by atoms with van der Waals surface area (Å²) >= 11 is 0.750. The Labute approximate surface area is 175 Å². The third-order valence-corrected chi connectivity index (χ3v) is 6.35. The Balaban J connectivity index is 0. The van der Waals surface area contributed by atoms with Gasteiger partial charge in [0.15, 0.2) is 0 Å². The fourth-order valence-electron chi connectivity index (χ4n) is 2.33. The minimum atomic E-state index is -4.94. The van der Waals surface area contributed by atoms with Crippen molar-refractivity contribution in [2.75, 3.05) is 13.2 Å². The molecule has 0 unspecified atom stereocenters. The van der Waals surface area contributed by atoms with Gasteiger partial charge in [0.05, 0.1) is 13.2 Å². The van der Waals surface area contributed by atoms with Crippen molar-refractivity contribution >= 4 is 15.6 Å². The van der Waals surface area contributed by atoms with E-state index in [4.69, 9.17) is 22.2 Å². The molecule has 0 saturated heterocycles. The normalized spacial score (nSPS) is 11.8. The van der Waals surface area contributed by atoms with Crippen molar-refractivity contribution < 1.29 is 56.0 Å². The van der Waals surface area contributed by atoms with Gasteiger partial charge < -0.3 is 9.79 Å². The summed E-state index contributed by atoms with van der Waals surface area (Å²) < 4.78 is 46.0. The second-order valence-corrected chi connectivity index (χ2v) is 9.27. The number of unbranched alkanes of at least 4 members (excludes halogenated alkanes) is 10. The molecule has 0 amide bonds. The fourth-order valence-corrected chi connectivity index (χ4v) is 4.53. The van der Waals surface area contributed by atoms with Crippen LogP contribution in [0, 0.1) is 0 Å². The van der Waals surface area contributed by atoms with Crippen LogP contribution in [-0.4, -0.2) is 23.0 Å². The Morgan fingerprint density at radius 2 is 1.00 bits per heavy atom. The Kier molecular flexibility index (Phi) is 22.3. The molecule has 0 aromatic heterocycles. The van der Waals surface area contributed by atoms with Crippen molar-refractivity contribution in [1.82, 2.24) is 0 Å². The first-order valence-electron chi connectivity index (χ1n) is 9.69. The Morgan fingerprint density at radius 1 is 0.667 bits per heavy atom. The molecule has 0 radical (unpaired) electrons. The van der Waals surface area contributed by atoms with Crippen LogP contribution < -0.4 is 0 Å². The topological polar surface area (TPSA) is 119 Å². The SMILES string of the molecule is CCCCCCCCOP(=O)(OCCCCCCCC)OP(=O)(O)O.[O]=[Ti]. The molecule has 27 heavy (non-hydrogen) atoms. The van der Waals surface area contributed by atoms with E-state index in [0.717, 1.165) is 71.8 Å². The van der Waals surface area contributed by atoms with Gasteiger partial charge in [-0.3, -0.25) is 9.05 Å². The van der Waals surface area contributed by atoms with Gasteiger partial charge in [-0.25, -0.2) is 9.13 Å². The zero-order valence-electron chi connectivity index (χ0n) is 16.6. The van der Waals surface area contributed by atoms with Crippen LogP contribution >= 0.6 is 15.6 Å². The molecule has 0 aliphatic rings. The molecule has 0 bridgehead atoms. The third kappa shape index (κ3) is 22.9. The second-order valence-electron chi connectivity index (χ2n) is 6.22. The molecule has 0 aliphatic heterocycles. The van der Waals surface area contributed by atoms with Crippen LogP contribution in [0.2, 0.25) is 0 Å². The first-order chi connectivity index (χ1) is 12.8. The number of phosphoric acid groups is 2. The molecule has 162 valence electrons. The maximum absolute atomic E-state index is 12.3. The summed E-state index contributed by atoms with van der Waals surface area (Å²) in [7, 11) is -9.17. The maximum atomic E-state index is 12.3. The van der Waals surface area contributed by atoms with Crippen molar-refractivity contribution in [3.8, 4) is 0 Å². The van der Waals surface area contributed by atoms with E-state index in [0.29, 0.717) is 12.8 Å². The molecule has 0 rings (SSSR count). The zero-order valence-corrected chi connectivity index (χ0v) is 20.0. The predicted molar refractivity (Wildman–Crippen MR) is 100 cm³/mol. The molecule has 2 N–H and O–H groups in total. The van der Waals surface area contributed by atoms with E-state index in [1.165, 1.54) is 12.8 Å². The monoisotopic (exact) mass is 466 g/mol. The molecular formula is C16H36O8P2Ti. The molecule has 0 aromatic rings. The number of phosphoric ester groups is 1. The van der Waals surface area contributed by atoms with E-state index in [1.54, 1.807) is 0 Å². The molecule has 0 fully saturated rings. The summed E-state index contributed by atoms with van der Waals surface area (Å²) in [4.78, 5) is 17.8. The Hall–Kier alpha value is 0.774. The fraction of sp³-hybridized carbons (Fsp3) is 1.00. The quantitative estimate of drug-likeness (QED) is 0.147. The van der Waals surface area contributed by atoms with E-state index >= 15 is 0 Å². The van der Waals surface area contributed by atoms with Gasteiger partial charge >= 0.3 is 39.4 Å². The molecular weight excluding hydrogens is 430 g/mol. The van der Waals surface area contributed by atoms with Gasteiger partial charge in [-0.15, -0.1) is 0 Å². The average molecular weight is 466 g/mol. The van der Waals surface area contributed by atoms with Crippen LogP contribution in [0.3, 0.4) is 0 Å². The first-order valence-corrected chi connectivity index (χ1v) is 13.3. The van der Waals surface area contributed by atoms with Crippen molar-refractivity contribution in [2.24, 2.45) is 0 Å². The summed E-state index contributed by atoms with van der Waals surface area (Å²) in [5.41, 5.74) is 0. The molecule has 0 spiro atoms. The van der Waals surface area contributed by atoms with Crippen molar-refractivity contribution in [3.05, 3.63) is 0 Å². The van der Waals surface area contributed by atoms with Crippen LogP contribution in [0.5, 0.6) is 0 Å². The van der Waals surface area contributed by atoms with E-state index in [2.05, 4.69) is 18.2 Å². The van der Waals surface area contributed by atoms with Crippen molar-refractivity contribution in [1.29, 1.82) is 0 Å². The number of hydrogen-bond donors (Lipinski definition) is 2. The van der Waals surface area contributed by atoms with Gasteiger partial charge in [0.25, 0.3) is 0 Å². The van der Waals surface area contributed by atoms with E-state index < -0.39 is 15.6 Å². The van der Waals surface area contributed by atoms with Crippen LogP contribution in [0.25, 0.3) is 0 Å². The Morgan fingerprint density at radius 3 is 1.33 bits per heavy atom. The predicted octanol–water partition coefficient (Wildman–Crippen LogP) is 5.84. The molecule has 0 heterocycles. The van der Waals surface area contributed by atoms with Gasteiger partial charge in [-0.1, -0.05) is 78.1 Å². The zero-order chi connectivity index (χ0) is 21.0. The van der Waals surface area contributed by atoms with Crippen LogP contribution in [0.1, 0.15) is 90.9 Å². The third-order valence-electron chi connectivity index (χ3n) is 3.70. The standard InChI is InChI=1S/C16H36O7P2.O.Ti/c1-3-5-7-9-11-13-15-21-25(20,23-24(17,18)19)22-16-14-12-10-8-6-4-2;;/h3-16H2,1-2H3,(H2,17,18,19);;. The van der Waals surface area contributed by atoms with Crippen LogP contribution in [0.15, 0.2) is 0 Å². The molecule has 11 heteroatoms. The summed E-state index contributed by atoms with van der Waals surface area (Å²) in [6.07, 6.45) is 12.2. The molecule has 0 atom stereocenters. The molecule has 0 saturated carbocycles. The van der Waals surface area contributed by atoms with Gasteiger partial charge in [0, 0.05) is 0 Å². The van der Waals surface area contributed by atoms with Gasteiger partial charge in [0.1, 0.15) is 0 Å².